The van der Waals surface area contributed by atoms with Crippen LogP contribution in [0.2, 0.25) is 0 Å². The van der Waals surface area contributed by atoms with E-state index < -0.39 is 12.2 Å². The Morgan fingerprint density at radius 1 is 1.53 bits per heavy atom. The summed E-state index contributed by atoms with van der Waals surface area (Å²) in [4.78, 5) is 15.2. The Bertz CT molecular complexity index is 496. The van der Waals surface area contributed by atoms with Crippen molar-refractivity contribution in [2.24, 2.45) is 0 Å². The van der Waals surface area contributed by atoms with Crippen LogP contribution in [0.25, 0.3) is 11.2 Å². The van der Waals surface area contributed by atoms with E-state index in [2.05, 4.69) is 19.9 Å². The molecule has 90 valence electrons. The van der Waals surface area contributed by atoms with Crippen LogP contribution in [0.4, 0.5) is 0 Å². The number of nitrogens with zero attached hydrogens (tertiary/aromatic N) is 3. The van der Waals surface area contributed by atoms with Crippen LogP contribution >= 0.6 is 0 Å². The van der Waals surface area contributed by atoms with Crippen molar-refractivity contribution in [2.45, 2.75) is 24.7 Å². The predicted octanol–water partition coefficient (Wildman–Crippen LogP) is -0.464. The van der Waals surface area contributed by atoms with Gasteiger partial charge in [0.05, 0.1) is 18.9 Å². The predicted molar refractivity (Wildman–Crippen MR) is 57.0 cm³/mol. The standard InChI is InChI=1S/C10H12N4O3/c15-3-8-6(16)1-7(17-8)10-13-5-2-11-4-12-9(5)14-10/h2,4,6-8,15-16H,1,3H2,(H,11,12,13,14)/t6-,7?,8+/m0/s1. The molecule has 0 saturated carbocycles. The Balaban J connectivity index is 1.89. The molecule has 1 fully saturated rings. The largest absolute Gasteiger partial charge is 0.394 e. The fourth-order valence-corrected chi connectivity index (χ4v) is 2.00. The lowest BCUT2D eigenvalue weighted by atomic mass is 10.1. The number of hydrogen-bond donors (Lipinski definition) is 3. The maximum atomic E-state index is 9.64. The van der Waals surface area contributed by atoms with Crippen molar-refractivity contribution in [3.05, 3.63) is 18.3 Å². The van der Waals surface area contributed by atoms with E-state index in [0.717, 1.165) is 5.52 Å². The van der Waals surface area contributed by atoms with Gasteiger partial charge in [0.1, 0.15) is 29.9 Å². The summed E-state index contributed by atoms with van der Waals surface area (Å²) in [5.74, 6) is 0.607. The molecule has 7 nitrogen and oxygen atoms in total. The lowest BCUT2D eigenvalue weighted by molar-refractivity contribution is -0.0244. The number of rotatable bonds is 2. The first kappa shape index (κ1) is 10.6. The molecule has 0 aliphatic carbocycles. The van der Waals surface area contributed by atoms with Crippen molar-refractivity contribution in [1.29, 1.82) is 0 Å². The minimum Gasteiger partial charge on any atom is -0.394 e. The van der Waals surface area contributed by atoms with Crippen LogP contribution in [-0.4, -0.2) is 49.0 Å². The zero-order valence-electron chi connectivity index (χ0n) is 8.95. The minimum absolute atomic E-state index is 0.197. The Morgan fingerprint density at radius 3 is 3.12 bits per heavy atom. The summed E-state index contributed by atoms with van der Waals surface area (Å²) in [5.41, 5.74) is 1.30. The van der Waals surface area contributed by atoms with E-state index in [9.17, 15) is 5.11 Å². The molecule has 1 aliphatic rings. The first-order valence-electron chi connectivity index (χ1n) is 5.38. The quantitative estimate of drug-likeness (QED) is 0.651. The molecule has 1 unspecified atom stereocenters. The zero-order chi connectivity index (χ0) is 11.8. The van der Waals surface area contributed by atoms with E-state index in [1.807, 2.05) is 0 Å². The monoisotopic (exact) mass is 236 g/mol. The van der Waals surface area contributed by atoms with Gasteiger partial charge in [0, 0.05) is 6.42 Å². The van der Waals surface area contributed by atoms with Crippen molar-refractivity contribution in [3.63, 3.8) is 0 Å². The zero-order valence-corrected chi connectivity index (χ0v) is 8.95. The van der Waals surface area contributed by atoms with E-state index >= 15 is 0 Å². The Labute approximate surface area is 96.5 Å². The summed E-state index contributed by atoms with van der Waals surface area (Å²) in [7, 11) is 0. The number of hydrogen-bond acceptors (Lipinski definition) is 6. The molecule has 0 bridgehead atoms. The third-order valence-electron chi connectivity index (χ3n) is 2.89. The van der Waals surface area contributed by atoms with Crippen LogP contribution < -0.4 is 0 Å². The fraction of sp³-hybridized carbons (Fsp3) is 0.500. The summed E-state index contributed by atoms with van der Waals surface area (Å²) in [6.45, 7) is -0.197. The molecule has 0 amide bonds. The van der Waals surface area contributed by atoms with Crippen molar-refractivity contribution in [3.8, 4) is 0 Å². The third kappa shape index (κ3) is 1.78. The molecular formula is C10H12N4O3. The van der Waals surface area contributed by atoms with Gasteiger partial charge in [-0.1, -0.05) is 0 Å². The molecule has 17 heavy (non-hydrogen) atoms. The van der Waals surface area contributed by atoms with E-state index in [1.54, 1.807) is 6.20 Å². The first-order valence-corrected chi connectivity index (χ1v) is 5.38. The van der Waals surface area contributed by atoms with E-state index in [0.29, 0.717) is 17.9 Å². The number of imidazole rings is 1. The molecular weight excluding hydrogens is 224 g/mol. The van der Waals surface area contributed by atoms with Gasteiger partial charge >= 0.3 is 0 Å². The molecule has 0 aromatic carbocycles. The van der Waals surface area contributed by atoms with E-state index in [4.69, 9.17) is 9.84 Å². The number of fused-ring (bicyclic) bond motifs is 1. The van der Waals surface area contributed by atoms with Crippen molar-refractivity contribution in [1.82, 2.24) is 19.9 Å². The highest BCUT2D eigenvalue weighted by atomic mass is 16.5. The number of aliphatic hydroxyl groups excluding tert-OH is 2. The Morgan fingerprint density at radius 2 is 2.41 bits per heavy atom. The molecule has 2 aromatic heterocycles. The van der Waals surface area contributed by atoms with Gasteiger partial charge in [-0.3, -0.25) is 0 Å². The van der Waals surface area contributed by atoms with Gasteiger partial charge in [0.2, 0.25) is 0 Å². The summed E-state index contributed by atoms with van der Waals surface area (Å²) < 4.78 is 5.50. The minimum atomic E-state index is -0.663. The second-order valence-electron chi connectivity index (χ2n) is 4.03. The maximum absolute atomic E-state index is 9.64. The highest BCUT2D eigenvalue weighted by Crippen LogP contribution is 2.31. The third-order valence-corrected chi connectivity index (χ3v) is 2.89. The van der Waals surface area contributed by atoms with Crippen molar-refractivity contribution in [2.75, 3.05) is 6.61 Å². The van der Waals surface area contributed by atoms with Gasteiger partial charge in [0.15, 0.2) is 5.65 Å². The second-order valence-corrected chi connectivity index (χ2v) is 4.03. The lowest BCUT2D eigenvalue weighted by Gasteiger charge is -2.09. The Hall–Kier alpha value is -1.57. The average molecular weight is 236 g/mol. The van der Waals surface area contributed by atoms with Gasteiger partial charge in [-0.05, 0) is 0 Å². The molecule has 3 heterocycles. The molecule has 2 aromatic rings. The number of aliphatic hydroxyl groups is 2. The lowest BCUT2D eigenvalue weighted by Crippen LogP contribution is -2.24. The molecule has 0 radical (unpaired) electrons. The van der Waals surface area contributed by atoms with E-state index in [1.165, 1.54) is 6.33 Å². The van der Waals surface area contributed by atoms with E-state index in [-0.39, 0.29) is 12.7 Å². The number of aromatic amines is 1. The summed E-state index contributed by atoms with van der Waals surface area (Å²) in [6, 6.07) is 0. The molecule has 3 N–H and O–H groups in total. The number of ether oxygens (including phenoxy) is 1. The van der Waals surface area contributed by atoms with Crippen molar-refractivity contribution >= 4 is 11.2 Å². The maximum Gasteiger partial charge on any atom is 0.180 e. The topological polar surface area (TPSA) is 104 Å². The van der Waals surface area contributed by atoms with Crippen LogP contribution in [-0.2, 0) is 4.74 Å². The van der Waals surface area contributed by atoms with Crippen molar-refractivity contribution < 1.29 is 14.9 Å². The highest BCUT2D eigenvalue weighted by Gasteiger charge is 2.35. The van der Waals surface area contributed by atoms with Gasteiger partial charge in [-0.15, -0.1) is 0 Å². The van der Waals surface area contributed by atoms with Gasteiger partial charge in [-0.2, -0.15) is 0 Å². The van der Waals surface area contributed by atoms with Crippen LogP contribution in [0.1, 0.15) is 18.3 Å². The van der Waals surface area contributed by atoms with Crippen LogP contribution in [0.5, 0.6) is 0 Å². The summed E-state index contributed by atoms with van der Waals surface area (Å²) in [5, 5.41) is 18.6. The molecule has 3 rings (SSSR count). The molecule has 7 heteroatoms. The smallest absolute Gasteiger partial charge is 0.180 e. The average Bonchev–Trinajstić information content (AvgIpc) is 2.91. The number of aromatic nitrogens is 4. The molecule has 1 aliphatic heterocycles. The van der Waals surface area contributed by atoms with Gasteiger partial charge in [-0.25, -0.2) is 15.0 Å². The summed E-state index contributed by atoms with van der Waals surface area (Å²) >= 11 is 0. The fourth-order valence-electron chi connectivity index (χ4n) is 2.00. The van der Waals surface area contributed by atoms with Gasteiger partial charge < -0.3 is 19.9 Å². The first-order chi connectivity index (χ1) is 8.28. The second kappa shape index (κ2) is 4.02. The SMILES string of the molecule is OC[C@H]1OC(c2nc3ncncc3[nH]2)C[C@@H]1O. The van der Waals surface area contributed by atoms with Gasteiger partial charge in [0.25, 0.3) is 0 Å². The molecule has 3 atom stereocenters. The van der Waals surface area contributed by atoms with Crippen LogP contribution in [0, 0.1) is 0 Å². The highest BCUT2D eigenvalue weighted by molar-refractivity contribution is 5.68. The number of H-pyrrole nitrogens is 1. The Kier molecular flexibility index (Phi) is 2.50. The normalized spacial score (nSPS) is 28.9. The molecule has 1 saturated heterocycles. The van der Waals surface area contributed by atoms with Crippen LogP contribution in [0.3, 0.4) is 0 Å². The molecule has 0 spiro atoms. The number of nitrogens with one attached hydrogen (secondary N) is 1. The summed E-state index contributed by atoms with van der Waals surface area (Å²) in [6.07, 6.45) is 1.93. The van der Waals surface area contributed by atoms with Crippen LogP contribution in [0.15, 0.2) is 12.5 Å².